The second-order valence-corrected chi connectivity index (χ2v) is 9.00. The van der Waals surface area contributed by atoms with E-state index in [1.807, 2.05) is 19.2 Å². The largest absolute Gasteiger partial charge is 0.497 e. The van der Waals surface area contributed by atoms with E-state index in [9.17, 15) is 15.3 Å². The quantitative estimate of drug-likeness (QED) is 0.670. The van der Waals surface area contributed by atoms with Crippen LogP contribution in [-0.2, 0) is 5.41 Å². The predicted molar refractivity (Wildman–Crippen MR) is 107 cm³/mol. The van der Waals surface area contributed by atoms with Gasteiger partial charge in [0.05, 0.1) is 25.9 Å². The van der Waals surface area contributed by atoms with Crippen LogP contribution in [0.4, 0.5) is 5.69 Å². The second kappa shape index (κ2) is 5.72. The molecular formula is C22H30N2O4. The van der Waals surface area contributed by atoms with E-state index in [-0.39, 0.29) is 11.5 Å². The normalized spacial score (nSPS) is 43.6. The third-order valence-electron chi connectivity index (χ3n) is 8.23. The lowest BCUT2D eigenvalue weighted by molar-refractivity contribution is -0.213. The monoisotopic (exact) mass is 386 g/mol. The lowest BCUT2D eigenvalue weighted by atomic mass is 9.48. The number of aliphatic hydroxyl groups excluding tert-OH is 2. The maximum absolute atomic E-state index is 11.8. The number of hydrogen-bond donors (Lipinski definition) is 3. The van der Waals surface area contributed by atoms with E-state index in [4.69, 9.17) is 4.74 Å². The molecule has 0 bridgehead atoms. The fourth-order valence-electron chi connectivity index (χ4n) is 7.27. The topological polar surface area (TPSA) is 76.4 Å². The molecule has 6 atom stereocenters. The molecule has 2 fully saturated rings. The van der Waals surface area contributed by atoms with Gasteiger partial charge in [0.25, 0.3) is 0 Å². The summed E-state index contributed by atoms with van der Waals surface area (Å²) in [5.41, 5.74) is -0.351. The summed E-state index contributed by atoms with van der Waals surface area (Å²) in [6.07, 6.45) is 4.79. The van der Waals surface area contributed by atoms with Crippen molar-refractivity contribution in [3.05, 3.63) is 35.9 Å². The Morgan fingerprint density at radius 3 is 2.75 bits per heavy atom. The maximum Gasteiger partial charge on any atom is 0.135 e. The number of aliphatic hydroxyl groups is 3. The fourth-order valence-corrected chi connectivity index (χ4v) is 7.27. The molecule has 1 spiro atoms. The number of anilines is 1. The SMILES string of the molecule is CC[C@]12C=CCN3CC[C@@]4(c5ccc(OC)cc5N(C)[C@H]4[C@@](O)(CO)[C@@H]1O)C32. The average Bonchev–Trinajstić information content (AvgIpc) is 3.23. The molecule has 1 saturated heterocycles. The Bertz CT molecular complexity index is 844. The number of likely N-dealkylation sites (N-methyl/N-ethyl adjacent to an activating group) is 1. The van der Waals surface area contributed by atoms with Crippen LogP contribution in [0.15, 0.2) is 30.4 Å². The molecule has 3 heterocycles. The van der Waals surface area contributed by atoms with E-state index in [1.165, 1.54) is 5.56 Å². The van der Waals surface area contributed by atoms with Gasteiger partial charge in [0.1, 0.15) is 11.4 Å². The van der Waals surface area contributed by atoms with Gasteiger partial charge in [-0.2, -0.15) is 0 Å². The molecule has 6 nitrogen and oxygen atoms in total. The van der Waals surface area contributed by atoms with Crippen molar-refractivity contribution in [1.82, 2.24) is 4.90 Å². The summed E-state index contributed by atoms with van der Waals surface area (Å²) >= 11 is 0. The molecule has 5 rings (SSSR count). The summed E-state index contributed by atoms with van der Waals surface area (Å²) in [4.78, 5) is 4.53. The van der Waals surface area contributed by atoms with E-state index >= 15 is 0 Å². The highest BCUT2D eigenvalue weighted by Crippen LogP contribution is 2.66. The first kappa shape index (κ1) is 18.4. The van der Waals surface area contributed by atoms with Gasteiger partial charge in [0.15, 0.2) is 0 Å². The molecular weight excluding hydrogens is 356 g/mol. The van der Waals surface area contributed by atoms with Crippen molar-refractivity contribution in [1.29, 1.82) is 0 Å². The van der Waals surface area contributed by atoms with Gasteiger partial charge in [0.2, 0.25) is 0 Å². The van der Waals surface area contributed by atoms with Crippen LogP contribution in [0, 0.1) is 5.41 Å². The molecule has 0 amide bonds. The van der Waals surface area contributed by atoms with Crippen LogP contribution < -0.4 is 9.64 Å². The minimum atomic E-state index is -1.62. The predicted octanol–water partition coefficient (Wildman–Crippen LogP) is 0.890. The van der Waals surface area contributed by atoms with Crippen LogP contribution in [0.2, 0.25) is 0 Å². The van der Waals surface area contributed by atoms with Gasteiger partial charge in [-0.15, -0.1) is 0 Å². The Balaban J connectivity index is 1.83. The smallest absolute Gasteiger partial charge is 0.135 e. The number of nitrogens with zero attached hydrogens (tertiary/aromatic N) is 2. The second-order valence-electron chi connectivity index (χ2n) is 9.00. The zero-order valence-electron chi connectivity index (χ0n) is 16.8. The van der Waals surface area contributed by atoms with Gasteiger partial charge < -0.3 is 25.0 Å². The van der Waals surface area contributed by atoms with E-state index < -0.39 is 29.8 Å². The van der Waals surface area contributed by atoms with Crippen LogP contribution >= 0.6 is 0 Å². The van der Waals surface area contributed by atoms with Gasteiger partial charge in [0, 0.05) is 42.2 Å². The zero-order chi connectivity index (χ0) is 19.9. The van der Waals surface area contributed by atoms with Crippen molar-refractivity contribution in [2.24, 2.45) is 5.41 Å². The van der Waals surface area contributed by atoms with Gasteiger partial charge in [-0.1, -0.05) is 25.1 Å². The Morgan fingerprint density at radius 1 is 1.29 bits per heavy atom. The summed E-state index contributed by atoms with van der Waals surface area (Å²) in [5, 5.41) is 33.7. The number of rotatable bonds is 3. The molecule has 6 heteroatoms. The van der Waals surface area contributed by atoms with Crippen molar-refractivity contribution in [2.45, 2.75) is 49.0 Å². The van der Waals surface area contributed by atoms with Gasteiger partial charge in [-0.05, 0) is 31.0 Å². The summed E-state index contributed by atoms with van der Waals surface area (Å²) in [6, 6.07) is 5.81. The minimum absolute atomic E-state index is 0.0823. The summed E-state index contributed by atoms with van der Waals surface area (Å²) in [7, 11) is 3.62. The highest BCUT2D eigenvalue weighted by atomic mass is 16.5. The molecule has 1 unspecified atom stereocenters. The molecule has 28 heavy (non-hydrogen) atoms. The van der Waals surface area contributed by atoms with Crippen LogP contribution in [0.25, 0.3) is 0 Å². The Morgan fingerprint density at radius 2 is 2.07 bits per heavy atom. The Kier molecular flexibility index (Phi) is 3.77. The average molecular weight is 386 g/mol. The first-order valence-corrected chi connectivity index (χ1v) is 10.2. The molecule has 0 radical (unpaired) electrons. The van der Waals surface area contributed by atoms with Crippen LogP contribution in [-0.4, -0.2) is 77.9 Å². The molecule has 1 aromatic rings. The van der Waals surface area contributed by atoms with Crippen molar-refractivity contribution < 1.29 is 20.1 Å². The minimum Gasteiger partial charge on any atom is -0.497 e. The molecule has 152 valence electrons. The zero-order valence-corrected chi connectivity index (χ0v) is 16.8. The lowest BCUT2D eigenvalue weighted by Gasteiger charge is -2.63. The molecule has 4 aliphatic rings. The van der Waals surface area contributed by atoms with Gasteiger partial charge >= 0.3 is 0 Å². The first-order valence-electron chi connectivity index (χ1n) is 10.2. The summed E-state index contributed by atoms with van der Waals surface area (Å²) in [6.45, 7) is 3.38. The molecule has 3 aliphatic heterocycles. The summed E-state index contributed by atoms with van der Waals surface area (Å²) < 4.78 is 5.46. The van der Waals surface area contributed by atoms with E-state index in [2.05, 4.69) is 34.9 Å². The molecule has 1 saturated carbocycles. The third-order valence-corrected chi connectivity index (χ3v) is 8.23. The van der Waals surface area contributed by atoms with E-state index in [0.29, 0.717) is 6.42 Å². The van der Waals surface area contributed by atoms with Crippen molar-refractivity contribution in [3.8, 4) is 5.75 Å². The summed E-state index contributed by atoms with van der Waals surface area (Å²) in [5.74, 6) is 0.772. The Hall–Kier alpha value is -1.60. The Labute approximate surface area is 166 Å². The van der Waals surface area contributed by atoms with E-state index in [1.54, 1.807) is 7.11 Å². The first-order chi connectivity index (χ1) is 13.4. The number of benzene rings is 1. The van der Waals surface area contributed by atoms with Crippen LogP contribution in [0.3, 0.4) is 0 Å². The van der Waals surface area contributed by atoms with E-state index in [0.717, 1.165) is 30.9 Å². The maximum atomic E-state index is 11.8. The van der Waals surface area contributed by atoms with Gasteiger partial charge in [-0.25, -0.2) is 0 Å². The molecule has 1 aromatic carbocycles. The third kappa shape index (κ3) is 1.79. The highest BCUT2D eigenvalue weighted by molar-refractivity contribution is 5.70. The highest BCUT2D eigenvalue weighted by Gasteiger charge is 2.76. The molecule has 3 N–H and O–H groups in total. The fraction of sp³-hybridized carbons (Fsp3) is 0.636. The van der Waals surface area contributed by atoms with Gasteiger partial charge in [-0.3, -0.25) is 4.90 Å². The number of hydrogen-bond acceptors (Lipinski definition) is 6. The van der Waals surface area contributed by atoms with Crippen molar-refractivity contribution in [3.63, 3.8) is 0 Å². The van der Waals surface area contributed by atoms with Crippen LogP contribution in [0.1, 0.15) is 25.3 Å². The van der Waals surface area contributed by atoms with Crippen molar-refractivity contribution >= 4 is 5.69 Å². The lowest BCUT2D eigenvalue weighted by Crippen LogP contribution is -2.79. The molecule has 1 aliphatic carbocycles. The standard InChI is InChI=1S/C22H30N2O4/c1-4-20-8-5-10-24-11-9-21(17(20)24)15-7-6-14(28-3)12-16(15)23(2)18(21)22(27,13-25)19(20)26/h5-8,12,17-19,25-27H,4,9-11,13H2,1-3H3/t17?,18-,19-,20-,21-,22+/m1/s1. The number of methoxy groups -OCH3 is 1. The van der Waals surface area contributed by atoms with Crippen molar-refractivity contribution in [2.75, 3.05) is 38.8 Å². The number of ether oxygens (including phenoxy) is 1. The number of fused-ring (bicyclic) bond motifs is 1. The van der Waals surface area contributed by atoms with Crippen LogP contribution in [0.5, 0.6) is 5.75 Å². The molecule has 0 aromatic heterocycles.